The van der Waals surface area contributed by atoms with Crippen molar-refractivity contribution in [3.05, 3.63) is 60.7 Å². The van der Waals surface area contributed by atoms with Gasteiger partial charge in [0.2, 0.25) is 0 Å². The predicted molar refractivity (Wildman–Crippen MR) is 81.5 cm³/mol. The van der Waals surface area contributed by atoms with E-state index in [-0.39, 0.29) is 21.1 Å². The summed E-state index contributed by atoms with van der Waals surface area (Å²) in [5, 5.41) is 0. The van der Waals surface area contributed by atoms with Gasteiger partial charge in [0.1, 0.15) is 0 Å². The molecule has 2 aromatic rings. The van der Waals surface area contributed by atoms with Gasteiger partial charge in [-0.25, -0.2) is 0 Å². The SMILES string of the molecule is CN(C)c1ccccc1.CN(C)c1ccccc1.[Mo]. The maximum absolute atomic E-state index is 2.08. The van der Waals surface area contributed by atoms with Crippen LogP contribution in [0.1, 0.15) is 0 Å². The third-order valence-corrected chi connectivity index (χ3v) is 2.55. The summed E-state index contributed by atoms with van der Waals surface area (Å²) in [6, 6.07) is 20.5. The van der Waals surface area contributed by atoms with E-state index in [0.29, 0.717) is 0 Å². The van der Waals surface area contributed by atoms with Gasteiger partial charge in [-0.05, 0) is 24.3 Å². The minimum absolute atomic E-state index is 0. The molecule has 0 aromatic heterocycles. The Hall–Kier alpha value is -1.27. The van der Waals surface area contributed by atoms with Crippen LogP contribution < -0.4 is 9.80 Å². The maximum atomic E-state index is 2.08. The van der Waals surface area contributed by atoms with E-state index < -0.39 is 0 Å². The molecule has 0 heterocycles. The molecule has 0 N–H and O–H groups in total. The van der Waals surface area contributed by atoms with Crippen LogP contribution in [-0.4, -0.2) is 28.2 Å². The van der Waals surface area contributed by atoms with Crippen LogP contribution in [0, 0.1) is 0 Å². The van der Waals surface area contributed by atoms with Crippen molar-refractivity contribution in [3.63, 3.8) is 0 Å². The topological polar surface area (TPSA) is 6.48 Å². The van der Waals surface area contributed by atoms with Crippen LogP contribution in [-0.2, 0) is 21.1 Å². The molecule has 3 heteroatoms. The Kier molecular flexibility index (Phi) is 8.99. The van der Waals surface area contributed by atoms with Gasteiger partial charge in [-0.15, -0.1) is 0 Å². The van der Waals surface area contributed by atoms with Crippen molar-refractivity contribution >= 4 is 11.4 Å². The molecular weight excluding hydrogens is 316 g/mol. The summed E-state index contributed by atoms with van der Waals surface area (Å²) < 4.78 is 0. The molecule has 0 unspecified atom stereocenters. The molecule has 2 rings (SSSR count). The average Bonchev–Trinajstić information content (AvgIpc) is 2.41. The molecule has 0 spiro atoms. The number of benzene rings is 2. The molecule has 2 aromatic carbocycles. The van der Waals surface area contributed by atoms with Crippen molar-refractivity contribution in [1.82, 2.24) is 0 Å². The fourth-order valence-electron chi connectivity index (χ4n) is 1.45. The standard InChI is InChI=1S/2C8H11N.Mo/c2*1-9(2)8-6-4-3-5-7-8;/h2*3-7H,1-2H3;. The number of anilines is 2. The number of nitrogens with zero attached hydrogens (tertiary/aromatic N) is 2. The van der Waals surface area contributed by atoms with Gasteiger partial charge in [-0.3, -0.25) is 0 Å². The third kappa shape index (κ3) is 7.02. The fraction of sp³-hybridized carbons (Fsp3) is 0.250. The van der Waals surface area contributed by atoms with Crippen molar-refractivity contribution in [2.45, 2.75) is 0 Å². The van der Waals surface area contributed by atoms with Crippen molar-refractivity contribution in [1.29, 1.82) is 0 Å². The van der Waals surface area contributed by atoms with Crippen LogP contribution in [0.5, 0.6) is 0 Å². The monoisotopic (exact) mass is 340 g/mol. The number of rotatable bonds is 2. The van der Waals surface area contributed by atoms with Crippen molar-refractivity contribution < 1.29 is 21.1 Å². The van der Waals surface area contributed by atoms with E-state index in [1.165, 1.54) is 11.4 Å². The molecule has 0 aliphatic carbocycles. The van der Waals surface area contributed by atoms with Crippen molar-refractivity contribution in [3.8, 4) is 0 Å². The van der Waals surface area contributed by atoms with E-state index in [2.05, 4.69) is 34.1 Å². The summed E-state index contributed by atoms with van der Waals surface area (Å²) in [6.45, 7) is 0. The number of hydrogen-bond donors (Lipinski definition) is 0. The first-order valence-corrected chi connectivity index (χ1v) is 6.06. The fourth-order valence-corrected chi connectivity index (χ4v) is 1.45. The summed E-state index contributed by atoms with van der Waals surface area (Å²) in [4.78, 5) is 4.17. The zero-order valence-corrected chi connectivity index (χ0v) is 14.1. The summed E-state index contributed by atoms with van der Waals surface area (Å²) >= 11 is 0. The molecule has 0 saturated heterocycles. The molecule has 19 heavy (non-hydrogen) atoms. The molecule has 0 aliphatic rings. The average molecular weight is 338 g/mol. The third-order valence-electron chi connectivity index (χ3n) is 2.55. The molecule has 0 fully saturated rings. The molecule has 0 bridgehead atoms. The zero-order chi connectivity index (χ0) is 13.4. The summed E-state index contributed by atoms with van der Waals surface area (Å²) in [6.07, 6.45) is 0. The Morgan fingerprint density at radius 1 is 0.526 bits per heavy atom. The van der Waals surface area contributed by atoms with Gasteiger partial charge in [0.05, 0.1) is 0 Å². The van der Waals surface area contributed by atoms with Crippen molar-refractivity contribution in [2.75, 3.05) is 38.0 Å². The first kappa shape index (κ1) is 17.7. The minimum Gasteiger partial charge on any atom is -0.378 e. The summed E-state index contributed by atoms with van der Waals surface area (Å²) in [5.41, 5.74) is 2.50. The normalized spacial score (nSPS) is 8.63. The Labute approximate surface area is 131 Å². The molecule has 0 atom stereocenters. The van der Waals surface area contributed by atoms with Gasteiger partial charge in [-0.1, -0.05) is 36.4 Å². The molecule has 0 radical (unpaired) electrons. The van der Waals surface area contributed by atoms with Crippen LogP contribution in [0.15, 0.2) is 60.7 Å². The number of hydrogen-bond acceptors (Lipinski definition) is 2. The quantitative estimate of drug-likeness (QED) is 0.774. The molecule has 2 nitrogen and oxygen atoms in total. The Morgan fingerprint density at radius 3 is 0.947 bits per heavy atom. The Bertz CT molecular complexity index is 384. The zero-order valence-electron chi connectivity index (χ0n) is 12.1. The largest absolute Gasteiger partial charge is 0.378 e. The van der Waals surface area contributed by atoms with Gasteiger partial charge >= 0.3 is 0 Å². The van der Waals surface area contributed by atoms with Gasteiger partial charge in [0, 0.05) is 60.6 Å². The van der Waals surface area contributed by atoms with Crippen molar-refractivity contribution in [2.24, 2.45) is 0 Å². The second-order valence-electron chi connectivity index (χ2n) is 4.46. The van der Waals surface area contributed by atoms with Crippen LogP contribution in [0.4, 0.5) is 11.4 Å². The van der Waals surface area contributed by atoms with Gasteiger partial charge in [0.15, 0.2) is 0 Å². The second kappa shape index (κ2) is 9.63. The maximum Gasteiger partial charge on any atom is 0.0360 e. The predicted octanol–water partition coefficient (Wildman–Crippen LogP) is 3.50. The molecular formula is C16H22MoN2. The molecule has 0 amide bonds. The van der Waals surface area contributed by atoms with Gasteiger partial charge in [0.25, 0.3) is 0 Å². The van der Waals surface area contributed by atoms with E-state index in [4.69, 9.17) is 0 Å². The summed E-state index contributed by atoms with van der Waals surface area (Å²) in [7, 11) is 8.15. The molecule has 0 saturated carbocycles. The molecule has 0 aliphatic heterocycles. The van der Waals surface area contributed by atoms with E-state index in [1.807, 2.05) is 64.6 Å². The Morgan fingerprint density at radius 2 is 0.789 bits per heavy atom. The first-order chi connectivity index (χ1) is 8.61. The van der Waals surface area contributed by atoms with E-state index in [9.17, 15) is 0 Å². The van der Waals surface area contributed by atoms with Crippen LogP contribution in [0.2, 0.25) is 0 Å². The number of para-hydroxylation sites is 2. The first-order valence-electron chi connectivity index (χ1n) is 6.06. The second-order valence-corrected chi connectivity index (χ2v) is 4.46. The van der Waals surface area contributed by atoms with E-state index >= 15 is 0 Å². The van der Waals surface area contributed by atoms with E-state index in [0.717, 1.165) is 0 Å². The van der Waals surface area contributed by atoms with Crippen LogP contribution >= 0.6 is 0 Å². The minimum atomic E-state index is 0. The van der Waals surface area contributed by atoms with E-state index in [1.54, 1.807) is 0 Å². The summed E-state index contributed by atoms with van der Waals surface area (Å²) in [5.74, 6) is 0. The van der Waals surface area contributed by atoms with Crippen LogP contribution in [0.25, 0.3) is 0 Å². The molecule has 102 valence electrons. The smallest absolute Gasteiger partial charge is 0.0360 e. The van der Waals surface area contributed by atoms with Crippen LogP contribution in [0.3, 0.4) is 0 Å². The van der Waals surface area contributed by atoms with Gasteiger partial charge < -0.3 is 9.80 Å². The Balaban J connectivity index is 0.000000324. The van der Waals surface area contributed by atoms with Gasteiger partial charge in [-0.2, -0.15) is 0 Å².